The number of primary amides is 1. The van der Waals surface area contributed by atoms with E-state index in [1.165, 1.54) is 16.7 Å². The fourth-order valence-corrected chi connectivity index (χ4v) is 7.62. The molecule has 0 aromatic carbocycles. The molecule has 2 fully saturated rings. The molecular formula is C36H62BN8O11P. The van der Waals surface area contributed by atoms with Crippen molar-refractivity contribution in [2.75, 3.05) is 19.6 Å². The Balaban J connectivity index is 2.32. The van der Waals surface area contributed by atoms with Crippen LogP contribution < -0.4 is 32.3 Å². The molecule has 2 aliphatic heterocycles. The van der Waals surface area contributed by atoms with Crippen LogP contribution in [0.4, 0.5) is 0 Å². The Morgan fingerprint density at radius 2 is 1.26 bits per heavy atom. The van der Waals surface area contributed by atoms with Gasteiger partial charge in [-0.05, 0) is 56.8 Å². The number of amides is 8. The number of carbonyl (C=O) groups excluding carboxylic acids is 8. The second-order valence-corrected chi connectivity index (χ2v) is 16.9. The zero-order chi connectivity index (χ0) is 43.4. The molecular weight excluding hydrogens is 762 g/mol. The molecule has 0 aromatic rings. The fourth-order valence-electron chi connectivity index (χ4n) is 7.02. The molecule has 1 unspecified atom stereocenters. The van der Waals surface area contributed by atoms with Gasteiger partial charge in [0, 0.05) is 20.0 Å². The lowest BCUT2D eigenvalue weighted by atomic mass is 9.94. The molecule has 8 N–H and O–H groups in total. The Morgan fingerprint density at radius 1 is 0.772 bits per heavy atom. The van der Waals surface area contributed by atoms with Crippen LogP contribution in [0.5, 0.6) is 0 Å². The summed E-state index contributed by atoms with van der Waals surface area (Å²) in [6, 6.07) is -6.67. The zero-order valence-electron chi connectivity index (χ0n) is 34.4. The number of hydrogen-bond donors (Lipinski definition) is 7. The fraction of sp³-hybridized carbons (Fsp3) is 0.778. The van der Waals surface area contributed by atoms with Gasteiger partial charge in [-0.3, -0.25) is 42.9 Å². The SMILES string of the molecule is [B]P(=O)(O)O[C@H](C)[C@H](NC(C)=O)C(=O)N[C@H](C(=O)N[C@H](C(=O)N1CCC[C@H]1C(=O)N[C@@H](CC(C)C)C(=O)N1CCC[C@H]1C(=O)NCC(N)=O)[C@@H](C)CC)[C@@H](C)CC. The highest BCUT2D eigenvalue weighted by molar-refractivity contribution is 7.78. The van der Waals surface area contributed by atoms with Gasteiger partial charge in [-0.2, -0.15) is 0 Å². The molecule has 2 heterocycles. The predicted octanol–water partition coefficient (Wildman–Crippen LogP) is -0.659. The molecule has 2 rings (SSSR count). The van der Waals surface area contributed by atoms with Gasteiger partial charge in [0.2, 0.25) is 54.8 Å². The van der Waals surface area contributed by atoms with Crippen LogP contribution in [0.3, 0.4) is 0 Å². The Morgan fingerprint density at radius 3 is 1.75 bits per heavy atom. The number of nitrogens with one attached hydrogen (secondary N) is 5. The number of nitrogens with two attached hydrogens (primary N) is 1. The average molecular weight is 825 g/mol. The maximum absolute atomic E-state index is 14.3. The molecule has 2 aliphatic rings. The van der Waals surface area contributed by atoms with E-state index >= 15 is 0 Å². The van der Waals surface area contributed by atoms with Crippen LogP contribution in [-0.2, 0) is 47.4 Å². The Kier molecular flexibility index (Phi) is 19.1. The van der Waals surface area contributed by atoms with Crippen molar-refractivity contribution in [3.63, 3.8) is 0 Å². The van der Waals surface area contributed by atoms with Crippen LogP contribution >= 0.6 is 7.47 Å². The van der Waals surface area contributed by atoms with Gasteiger partial charge in [0.05, 0.1) is 12.6 Å². The highest BCUT2D eigenvalue weighted by Crippen LogP contribution is 2.37. The number of likely N-dealkylation sites (tertiary alicyclic amines) is 2. The van der Waals surface area contributed by atoms with Gasteiger partial charge in [-0.15, -0.1) is 0 Å². The Labute approximate surface area is 336 Å². The summed E-state index contributed by atoms with van der Waals surface area (Å²) in [6.45, 7) is 13.3. The van der Waals surface area contributed by atoms with E-state index in [1.807, 2.05) is 20.8 Å². The first-order chi connectivity index (χ1) is 26.5. The third-order valence-corrected chi connectivity index (χ3v) is 11.1. The van der Waals surface area contributed by atoms with Crippen molar-refractivity contribution in [2.24, 2.45) is 23.5 Å². The predicted molar refractivity (Wildman–Crippen MR) is 210 cm³/mol. The van der Waals surface area contributed by atoms with Crippen molar-refractivity contribution in [1.82, 2.24) is 36.4 Å². The molecule has 320 valence electrons. The molecule has 0 aliphatic carbocycles. The summed E-state index contributed by atoms with van der Waals surface area (Å²) in [5.74, 6) is -5.99. The first-order valence-corrected chi connectivity index (χ1v) is 21.3. The summed E-state index contributed by atoms with van der Waals surface area (Å²) in [6.07, 6.45) is 1.43. The number of nitrogens with zero attached hydrogens (tertiary/aromatic N) is 2. The molecule has 19 nitrogen and oxygen atoms in total. The zero-order valence-corrected chi connectivity index (χ0v) is 35.3. The normalized spacial score (nSPS) is 21.5. The summed E-state index contributed by atoms with van der Waals surface area (Å²) in [5, 5.41) is 13.0. The van der Waals surface area contributed by atoms with E-state index in [-0.39, 0.29) is 32.0 Å². The topological polar surface area (TPSA) is 276 Å². The van der Waals surface area contributed by atoms with E-state index in [0.717, 1.165) is 6.92 Å². The molecule has 10 atom stereocenters. The maximum atomic E-state index is 14.3. The summed E-state index contributed by atoms with van der Waals surface area (Å²) < 4.78 is 16.6. The second kappa shape index (κ2) is 22.2. The summed E-state index contributed by atoms with van der Waals surface area (Å²) in [4.78, 5) is 118. The first kappa shape index (κ1) is 49.1. The molecule has 2 saturated heterocycles. The van der Waals surface area contributed by atoms with Crippen LogP contribution in [0.2, 0.25) is 0 Å². The molecule has 0 spiro atoms. The highest BCUT2D eigenvalue weighted by atomic mass is 31.2. The molecule has 2 radical (unpaired) electrons. The van der Waals surface area contributed by atoms with E-state index in [2.05, 4.69) is 26.6 Å². The largest absolute Gasteiger partial charge is 0.368 e. The number of carbonyl (C=O) groups is 8. The monoisotopic (exact) mass is 824 g/mol. The van der Waals surface area contributed by atoms with Gasteiger partial charge in [0.1, 0.15) is 36.3 Å². The van der Waals surface area contributed by atoms with E-state index in [0.29, 0.717) is 38.5 Å². The van der Waals surface area contributed by atoms with E-state index in [4.69, 9.17) is 17.8 Å². The quantitative estimate of drug-likeness (QED) is 0.0564. The van der Waals surface area contributed by atoms with Crippen molar-refractivity contribution in [3.05, 3.63) is 0 Å². The van der Waals surface area contributed by atoms with Crippen LogP contribution in [0.1, 0.15) is 100 Å². The van der Waals surface area contributed by atoms with E-state index in [9.17, 15) is 47.8 Å². The first-order valence-electron chi connectivity index (χ1n) is 19.7. The van der Waals surface area contributed by atoms with Gasteiger partial charge < -0.3 is 51.5 Å². The van der Waals surface area contributed by atoms with Crippen LogP contribution in [0.15, 0.2) is 0 Å². The van der Waals surface area contributed by atoms with Gasteiger partial charge in [-0.25, -0.2) is 0 Å². The minimum absolute atomic E-state index is 0.0319. The number of rotatable bonds is 21. The van der Waals surface area contributed by atoms with Crippen molar-refractivity contribution in [2.45, 2.75) is 143 Å². The standard InChI is InChI=1S/C36H62BN8O11P/c1-9-20(5)28(42-34(51)30(40-23(8)46)22(7)56-57(37,54)55)33(50)43-29(21(6)10-2)36(53)45-16-12-14-26(45)32(49)41-24(17-19(3)4)35(52)44-15-11-13-25(44)31(48)39-18-27(38)47/h19-22,24-26,28-30H,9-18H2,1-8H3,(H2,38,47)(H,39,48)(H,40,46)(H,41,49)(H,42,51)(H,43,50)(H,54,55)/t20-,21-,22+,24-,25-,26-,28-,29-,30-/m0/s1. The Bertz CT molecular complexity index is 1530. The minimum Gasteiger partial charge on any atom is -0.368 e. The van der Waals surface area contributed by atoms with Crippen LogP contribution in [-0.4, -0.2) is 132 Å². The molecule has 57 heavy (non-hydrogen) atoms. The van der Waals surface area contributed by atoms with Gasteiger partial charge in [0.15, 0.2) is 0 Å². The summed E-state index contributed by atoms with van der Waals surface area (Å²) >= 11 is 0. The average Bonchev–Trinajstić information content (AvgIpc) is 3.82. The van der Waals surface area contributed by atoms with Crippen molar-refractivity contribution < 1.29 is 52.3 Å². The van der Waals surface area contributed by atoms with Gasteiger partial charge >= 0.3 is 0 Å². The van der Waals surface area contributed by atoms with Crippen molar-refractivity contribution in [1.29, 1.82) is 0 Å². The Hall–Kier alpha value is -4.03. The molecule has 0 bridgehead atoms. The molecule has 0 saturated carbocycles. The van der Waals surface area contributed by atoms with Crippen molar-refractivity contribution >= 4 is 62.3 Å². The van der Waals surface area contributed by atoms with Crippen LogP contribution in [0.25, 0.3) is 0 Å². The summed E-state index contributed by atoms with van der Waals surface area (Å²) in [5.41, 5.74) is 5.17. The third-order valence-electron chi connectivity index (χ3n) is 10.4. The summed E-state index contributed by atoms with van der Waals surface area (Å²) in [7, 11) is 0.552. The molecule has 8 amide bonds. The lowest BCUT2D eigenvalue weighted by molar-refractivity contribution is -0.145. The molecule has 0 aromatic heterocycles. The number of hydrogen-bond acceptors (Lipinski definition) is 10. The highest BCUT2D eigenvalue weighted by Gasteiger charge is 2.43. The lowest BCUT2D eigenvalue weighted by Gasteiger charge is -2.34. The van der Waals surface area contributed by atoms with Crippen molar-refractivity contribution in [3.8, 4) is 0 Å². The van der Waals surface area contributed by atoms with Gasteiger partial charge in [0.25, 0.3) is 7.47 Å². The second-order valence-electron chi connectivity index (χ2n) is 15.6. The van der Waals surface area contributed by atoms with E-state index < -0.39 is 109 Å². The smallest absolute Gasteiger partial charge is 0.261 e. The van der Waals surface area contributed by atoms with E-state index in [1.54, 1.807) is 20.8 Å². The van der Waals surface area contributed by atoms with Crippen LogP contribution in [0, 0.1) is 17.8 Å². The minimum atomic E-state index is -4.57. The molecule has 21 heteroatoms. The maximum Gasteiger partial charge on any atom is 0.261 e. The lowest BCUT2D eigenvalue weighted by Crippen LogP contribution is -2.62. The van der Waals surface area contributed by atoms with Gasteiger partial charge in [-0.1, -0.05) is 54.4 Å². The third kappa shape index (κ3) is 14.7.